The Kier molecular flexibility index (Phi) is 5.36. The highest BCUT2D eigenvalue weighted by molar-refractivity contribution is 6.07. The van der Waals surface area contributed by atoms with Gasteiger partial charge in [0.05, 0.1) is 12.6 Å². The van der Waals surface area contributed by atoms with E-state index in [2.05, 4.69) is 10.6 Å². The molecule has 0 heterocycles. The number of phenolic OH excluding ortho intramolecular Hbond substituents is 1. The lowest BCUT2D eigenvalue weighted by Gasteiger charge is -2.17. The molecule has 0 aliphatic heterocycles. The molecule has 30 heavy (non-hydrogen) atoms. The van der Waals surface area contributed by atoms with Crippen molar-refractivity contribution in [1.29, 1.82) is 0 Å². The van der Waals surface area contributed by atoms with Crippen molar-refractivity contribution in [2.24, 2.45) is 0 Å². The van der Waals surface area contributed by atoms with E-state index in [1.807, 2.05) is 48.5 Å². The van der Waals surface area contributed by atoms with Crippen LogP contribution in [0.2, 0.25) is 0 Å². The predicted octanol–water partition coefficient (Wildman–Crippen LogP) is 2.97. The molecule has 7 nitrogen and oxygen atoms in total. The maximum absolute atomic E-state index is 12.7. The summed E-state index contributed by atoms with van der Waals surface area (Å²) in [5.41, 5.74) is 3.77. The molecule has 0 aromatic heterocycles. The van der Waals surface area contributed by atoms with Crippen LogP contribution >= 0.6 is 0 Å². The van der Waals surface area contributed by atoms with E-state index in [0.717, 1.165) is 22.3 Å². The number of aliphatic hydroxyl groups is 1. The van der Waals surface area contributed by atoms with Gasteiger partial charge in [-0.1, -0.05) is 54.6 Å². The zero-order valence-corrected chi connectivity index (χ0v) is 16.0. The van der Waals surface area contributed by atoms with E-state index in [1.54, 1.807) is 0 Å². The molecule has 0 unspecified atom stereocenters. The molecule has 7 heteroatoms. The lowest BCUT2D eigenvalue weighted by atomic mass is 10.1. The molecule has 4 N–H and O–H groups in total. The van der Waals surface area contributed by atoms with E-state index in [-0.39, 0.29) is 30.3 Å². The molecule has 0 saturated heterocycles. The molecule has 0 spiro atoms. The second kappa shape index (κ2) is 8.26. The minimum absolute atomic E-state index is 0.0500. The minimum Gasteiger partial charge on any atom is -0.507 e. The third kappa shape index (κ3) is 3.58. The fraction of sp³-hybridized carbons (Fsp3) is 0.130. The molecule has 152 valence electrons. The van der Waals surface area contributed by atoms with Gasteiger partial charge >= 0.3 is 6.03 Å². The van der Waals surface area contributed by atoms with Crippen LogP contribution in [0.25, 0.3) is 11.1 Å². The number of hydrogen-bond acceptors (Lipinski definition) is 5. The van der Waals surface area contributed by atoms with Crippen molar-refractivity contribution in [1.82, 2.24) is 10.6 Å². The fourth-order valence-electron chi connectivity index (χ4n) is 3.67. The number of urea groups is 1. The first-order chi connectivity index (χ1) is 14.6. The number of imide groups is 1. The Bertz CT molecular complexity index is 1070. The van der Waals surface area contributed by atoms with Crippen molar-refractivity contribution in [2.45, 2.75) is 6.04 Å². The van der Waals surface area contributed by atoms with E-state index >= 15 is 0 Å². The Balaban J connectivity index is 1.55. The number of aromatic hydroxyl groups is 1. The lowest BCUT2D eigenvalue weighted by Crippen LogP contribution is -2.41. The maximum Gasteiger partial charge on any atom is 0.322 e. The largest absolute Gasteiger partial charge is 0.507 e. The molecule has 1 aliphatic rings. The molecule has 3 amide bonds. The van der Waals surface area contributed by atoms with Crippen molar-refractivity contribution in [3.8, 4) is 22.6 Å². The highest BCUT2D eigenvalue weighted by atomic mass is 16.5. The number of fused-ring (bicyclic) bond motifs is 3. The first kappa shape index (κ1) is 19.5. The second-order valence-corrected chi connectivity index (χ2v) is 6.76. The number of amides is 3. The Hall–Kier alpha value is -3.84. The van der Waals surface area contributed by atoms with Crippen molar-refractivity contribution in [2.75, 3.05) is 13.2 Å². The van der Waals surface area contributed by atoms with Crippen molar-refractivity contribution < 1.29 is 24.5 Å². The zero-order valence-electron chi connectivity index (χ0n) is 16.0. The molecule has 3 aromatic rings. The number of carbonyl (C=O) groups is 2. The zero-order chi connectivity index (χ0) is 21.1. The van der Waals surface area contributed by atoms with Gasteiger partial charge in [-0.2, -0.15) is 0 Å². The number of aliphatic hydroxyl groups excluding tert-OH is 1. The van der Waals surface area contributed by atoms with Gasteiger partial charge in [0, 0.05) is 0 Å². The highest BCUT2D eigenvalue weighted by Gasteiger charge is 2.30. The van der Waals surface area contributed by atoms with Crippen LogP contribution in [-0.2, 0) is 0 Å². The number of phenols is 1. The smallest absolute Gasteiger partial charge is 0.322 e. The van der Waals surface area contributed by atoms with Crippen molar-refractivity contribution >= 4 is 11.9 Å². The Morgan fingerprint density at radius 1 is 0.900 bits per heavy atom. The maximum atomic E-state index is 12.7. The number of ether oxygens (including phenoxy) is 1. The van der Waals surface area contributed by atoms with Crippen LogP contribution in [0, 0.1) is 0 Å². The van der Waals surface area contributed by atoms with E-state index in [1.165, 1.54) is 18.2 Å². The van der Waals surface area contributed by atoms with Gasteiger partial charge in [-0.15, -0.1) is 0 Å². The second-order valence-electron chi connectivity index (χ2n) is 6.76. The molecular formula is C23H20N2O5. The van der Waals surface area contributed by atoms with Gasteiger partial charge in [-0.25, -0.2) is 4.79 Å². The van der Waals surface area contributed by atoms with Crippen LogP contribution in [-0.4, -0.2) is 35.4 Å². The number of benzene rings is 3. The molecule has 0 radical (unpaired) electrons. The normalized spacial score (nSPS) is 12.0. The summed E-state index contributed by atoms with van der Waals surface area (Å²) in [7, 11) is 0. The van der Waals surface area contributed by atoms with E-state index in [0.29, 0.717) is 0 Å². The Morgan fingerprint density at radius 3 is 2.17 bits per heavy atom. The summed E-state index contributed by atoms with van der Waals surface area (Å²) in [5, 5.41) is 24.1. The average Bonchev–Trinajstić information content (AvgIpc) is 3.06. The summed E-state index contributed by atoms with van der Waals surface area (Å²) in [6.45, 7) is -0.302. The summed E-state index contributed by atoms with van der Waals surface area (Å²) < 4.78 is 5.29. The lowest BCUT2D eigenvalue weighted by molar-refractivity contribution is 0.0955. The van der Waals surface area contributed by atoms with Crippen LogP contribution in [0.3, 0.4) is 0 Å². The Labute approximate surface area is 172 Å². The summed E-state index contributed by atoms with van der Waals surface area (Å²) in [6.07, 6.45) is 0. The van der Waals surface area contributed by atoms with Gasteiger partial charge in [0.15, 0.2) is 0 Å². The topological polar surface area (TPSA) is 108 Å². The third-order valence-electron chi connectivity index (χ3n) is 4.92. The average molecular weight is 404 g/mol. The first-order valence-corrected chi connectivity index (χ1v) is 9.46. The standard InChI is InChI=1S/C23H20N2O5/c26-12-13-30-19-11-5-10-18(27)20(19)22(28)25-23(29)24-21-16-8-3-1-6-14(16)15-7-2-4-9-17(15)21/h1-11,21,26-27H,12-13H2,(H2,24,25,28,29). The quantitative estimate of drug-likeness (QED) is 0.523. The van der Waals surface area contributed by atoms with Gasteiger partial charge in [-0.3, -0.25) is 10.1 Å². The van der Waals surface area contributed by atoms with Gasteiger partial charge in [-0.05, 0) is 34.4 Å². The summed E-state index contributed by atoms with van der Waals surface area (Å²) in [4.78, 5) is 25.3. The molecule has 0 fully saturated rings. The first-order valence-electron chi connectivity index (χ1n) is 9.46. The van der Waals surface area contributed by atoms with Gasteiger partial charge < -0.3 is 20.3 Å². The molecule has 0 saturated carbocycles. The van der Waals surface area contributed by atoms with E-state index < -0.39 is 18.0 Å². The number of nitrogens with one attached hydrogen (secondary N) is 2. The highest BCUT2D eigenvalue weighted by Crippen LogP contribution is 2.42. The van der Waals surface area contributed by atoms with Crippen LogP contribution in [0.1, 0.15) is 27.5 Å². The fourth-order valence-corrected chi connectivity index (χ4v) is 3.67. The van der Waals surface area contributed by atoms with E-state index in [9.17, 15) is 14.7 Å². The number of carbonyl (C=O) groups excluding carboxylic acids is 2. The molecule has 3 aromatic carbocycles. The molecule has 0 bridgehead atoms. The summed E-state index contributed by atoms with van der Waals surface area (Å²) >= 11 is 0. The number of rotatable bonds is 5. The predicted molar refractivity (Wildman–Crippen MR) is 110 cm³/mol. The SMILES string of the molecule is O=C(NC(=O)c1c(O)cccc1OCCO)NC1c2ccccc2-c2ccccc21. The summed E-state index contributed by atoms with van der Waals surface area (Å²) in [6, 6.07) is 18.7. The molecular weight excluding hydrogens is 384 g/mol. The molecule has 1 aliphatic carbocycles. The van der Waals surface area contributed by atoms with E-state index in [4.69, 9.17) is 9.84 Å². The van der Waals surface area contributed by atoms with Gasteiger partial charge in [0.1, 0.15) is 23.7 Å². The molecule has 0 atom stereocenters. The van der Waals surface area contributed by atoms with Crippen LogP contribution in [0.4, 0.5) is 4.79 Å². The van der Waals surface area contributed by atoms with Crippen molar-refractivity contribution in [3.63, 3.8) is 0 Å². The van der Waals surface area contributed by atoms with Crippen LogP contribution < -0.4 is 15.4 Å². The van der Waals surface area contributed by atoms with Gasteiger partial charge in [0.25, 0.3) is 5.91 Å². The number of hydrogen-bond donors (Lipinski definition) is 4. The van der Waals surface area contributed by atoms with Crippen LogP contribution in [0.15, 0.2) is 66.7 Å². The summed E-state index contributed by atoms with van der Waals surface area (Å²) in [5.74, 6) is -1.06. The monoisotopic (exact) mass is 404 g/mol. The minimum atomic E-state index is -0.807. The van der Waals surface area contributed by atoms with Crippen molar-refractivity contribution in [3.05, 3.63) is 83.4 Å². The van der Waals surface area contributed by atoms with Gasteiger partial charge in [0.2, 0.25) is 0 Å². The molecule has 4 rings (SSSR count). The third-order valence-corrected chi connectivity index (χ3v) is 4.92. The van der Waals surface area contributed by atoms with Crippen LogP contribution in [0.5, 0.6) is 11.5 Å². The Morgan fingerprint density at radius 2 is 1.53 bits per heavy atom.